The highest BCUT2D eigenvalue weighted by Gasteiger charge is 2.26. The molecule has 21 heavy (non-hydrogen) atoms. The number of hydrogen-bond donors (Lipinski definition) is 1. The maximum atomic E-state index is 12.1. The highest BCUT2D eigenvalue weighted by Crippen LogP contribution is 2.25. The van der Waals surface area contributed by atoms with Crippen LogP contribution in [0.15, 0.2) is 12.1 Å². The van der Waals surface area contributed by atoms with Crippen LogP contribution in [0.25, 0.3) is 0 Å². The van der Waals surface area contributed by atoms with Gasteiger partial charge in [-0.2, -0.15) is 13.2 Å². The fourth-order valence-corrected chi connectivity index (χ4v) is 2.62. The average Bonchev–Trinajstić information content (AvgIpc) is 2.32. The van der Waals surface area contributed by atoms with Crippen molar-refractivity contribution in [3.63, 3.8) is 0 Å². The fourth-order valence-electron chi connectivity index (χ4n) is 2.62. The Morgan fingerprint density at radius 2 is 1.71 bits per heavy atom. The van der Waals surface area contributed by atoms with Gasteiger partial charge in [0.25, 0.3) is 0 Å². The van der Waals surface area contributed by atoms with Crippen LogP contribution in [0.3, 0.4) is 0 Å². The Labute approximate surface area is 124 Å². The Balaban J connectivity index is 2.74. The number of halogens is 3. The third-order valence-corrected chi connectivity index (χ3v) is 3.35. The molecule has 0 spiro atoms. The molecule has 0 radical (unpaired) electrons. The second-order valence-electron chi connectivity index (χ2n) is 5.36. The lowest BCUT2D eigenvalue weighted by molar-refractivity contribution is -0.145. The summed E-state index contributed by atoms with van der Waals surface area (Å²) in [5.41, 5.74) is 4.58. The second-order valence-corrected chi connectivity index (χ2v) is 5.36. The van der Waals surface area contributed by atoms with Crippen molar-refractivity contribution in [3.05, 3.63) is 34.4 Å². The van der Waals surface area contributed by atoms with E-state index in [9.17, 15) is 13.2 Å². The Morgan fingerprint density at radius 3 is 2.19 bits per heavy atom. The minimum atomic E-state index is -4.16. The zero-order valence-electron chi connectivity index (χ0n) is 13.1. The molecule has 120 valence electrons. The molecule has 1 aromatic rings. The van der Waals surface area contributed by atoms with E-state index < -0.39 is 12.6 Å². The Hall–Kier alpha value is -1.07. The Bertz CT molecular complexity index is 434. The topological polar surface area (TPSA) is 21.3 Å². The van der Waals surface area contributed by atoms with Gasteiger partial charge in [0.2, 0.25) is 0 Å². The number of likely N-dealkylation sites (N-methyl/N-ethyl adjacent to an activating group) is 1. The monoisotopic (exact) mass is 303 g/mol. The van der Waals surface area contributed by atoms with E-state index in [-0.39, 0.29) is 19.3 Å². The molecule has 5 heteroatoms. The maximum Gasteiger partial charge on any atom is 0.391 e. The molecule has 0 saturated heterocycles. The van der Waals surface area contributed by atoms with E-state index in [1.165, 1.54) is 5.56 Å². The van der Waals surface area contributed by atoms with Crippen LogP contribution < -0.4 is 5.32 Å². The Morgan fingerprint density at radius 1 is 1.14 bits per heavy atom. The van der Waals surface area contributed by atoms with Crippen molar-refractivity contribution in [3.8, 4) is 0 Å². The number of nitrogens with one attached hydrogen (secondary N) is 1. The molecule has 0 heterocycles. The lowest BCUT2D eigenvalue weighted by atomic mass is 9.94. The van der Waals surface area contributed by atoms with Crippen LogP contribution in [-0.2, 0) is 4.74 Å². The van der Waals surface area contributed by atoms with Crippen molar-refractivity contribution in [2.45, 2.75) is 46.3 Å². The molecule has 0 bridgehead atoms. The molecule has 0 aliphatic rings. The third-order valence-electron chi connectivity index (χ3n) is 3.35. The quantitative estimate of drug-likeness (QED) is 0.761. The number of rotatable bonds is 7. The van der Waals surface area contributed by atoms with Gasteiger partial charge in [-0.1, -0.05) is 24.6 Å². The van der Waals surface area contributed by atoms with Gasteiger partial charge in [0.05, 0.1) is 25.7 Å². The van der Waals surface area contributed by atoms with Gasteiger partial charge < -0.3 is 10.1 Å². The molecule has 0 fully saturated rings. The van der Waals surface area contributed by atoms with Gasteiger partial charge in [0, 0.05) is 0 Å². The van der Waals surface area contributed by atoms with Gasteiger partial charge in [-0.05, 0) is 44.0 Å². The van der Waals surface area contributed by atoms with Crippen molar-refractivity contribution in [2.75, 3.05) is 19.8 Å². The number of alkyl halides is 3. The van der Waals surface area contributed by atoms with Crippen LogP contribution in [-0.4, -0.2) is 25.9 Å². The summed E-state index contributed by atoms with van der Waals surface area (Å²) in [7, 11) is 0. The van der Waals surface area contributed by atoms with E-state index in [1.54, 1.807) is 0 Å². The molecule has 0 saturated carbocycles. The second kappa shape index (κ2) is 7.80. The van der Waals surface area contributed by atoms with Crippen molar-refractivity contribution in [2.24, 2.45) is 0 Å². The highest BCUT2D eigenvalue weighted by molar-refractivity contribution is 5.39. The molecule has 2 nitrogen and oxygen atoms in total. The van der Waals surface area contributed by atoms with Crippen LogP contribution in [0.2, 0.25) is 0 Å². The molecular weight excluding hydrogens is 279 g/mol. The van der Waals surface area contributed by atoms with E-state index in [1.807, 2.05) is 27.7 Å². The first-order valence-corrected chi connectivity index (χ1v) is 7.20. The van der Waals surface area contributed by atoms with Gasteiger partial charge in [-0.25, -0.2) is 0 Å². The average molecular weight is 303 g/mol. The summed E-state index contributed by atoms with van der Waals surface area (Å²) in [6.45, 7) is 8.74. The number of hydrogen-bond acceptors (Lipinski definition) is 2. The summed E-state index contributed by atoms with van der Waals surface area (Å²) in [4.78, 5) is 0. The predicted molar refractivity (Wildman–Crippen MR) is 78.6 cm³/mol. The lowest BCUT2D eigenvalue weighted by Crippen LogP contribution is -2.27. The van der Waals surface area contributed by atoms with Crippen LogP contribution >= 0.6 is 0 Å². The maximum absolute atomic E-state index is 12.1. The molecule has 0 aliphatic heterocycles. The van der Waals surface area contributed by atoms with Gasteiger partial charge in [0.1, 0.15) is 0 Å². The van der Waals surface area contributed by atoms with Crippen LogP contribution in [0.5, 0.6) is 0 Å². The first-order valence-electron chi connectivity index (χ1n) is 7.20. The summed E-state index contributed by atoms with van der Waals surface area (Å²) in [6, 6.07) is 4.09. The minimum absolute atomic E-state index is 0.0798. The SMILES string of the molecule is CCNC(COCCC(F)(F)F)c1c(C)cc(C)cc1C. The summed E-state index contributed by atoms with van der Waals surface area (Å²) < 4.78 is 41.6. The minimum Gasteiger partial charge on any atom is -0.379 e. The van der Waals surface area contributed by atoms with Gasteiger partial charge >= 0.3 is 6.18 Å². The third kappa shape index (κ3) is 6.06. The molecule has 1 unspecified atom stereocenters. The summed E-state index contributed by atoms with van der Waals surface area (Å²) in [6.07, 6.45) is -5.07. The highest BCUT2D eigenvalue weighted by atomic mass is 19.4. The fraction of sp³-hybridized carbons (Fsp3) is 0.625. The molecule has 0 aromatic heterocycles. The van der Waals surface area contributed by atoms with E-state index in [0.717, 1.165) is 23.2 Å². The van der Waals surface area contributed by atoms with Crippen LogP contribution in [0, 0.1) is 20.8 Å². The number of ether oxygens (including phenoxy) is 1. The predicted octanol–water partition coefficient (Wildman–Crippen LogP) is 4.23. The summed E-state index contributed by atoms with van der Waals surface area (Å²) >= 11 is 0. The largest absolute Gasteiger partial charge is 0.391 e. The van der Waals surface area contributed by atoms with E-state index in [0.29, 0.717) is 0 Å². The van der Waals surface area contributed by atoms with Crippen molar-refractivity contribution >= 4 is 0 Å². The molecule has 1 aromatic carbocycles. The van der Waals surface area contributed by atoms with Crippen molar-refractivity contribution in [1.29, 1.82) is 0 Å². The molecule has 1 rings (SSSR count). The van der Waals surface area contributed by atoms with Gasteiger partial charge in [-0.3, -0.25) is 0 Å². The lowest BCUT2D eigenvalue weighted by Gasteiger charge is -2.23. The number of benzene rings is 1. The molecule has 0 aliphatic carbocycles. The van der Waals surface area contributed by atoms with Crippen molar-refractivity contribution in [1.82, 2.24) is 5.32 Å². The molecule has 0 amide bonds. The Kier molecular flexibility index (Phi) is 6.68. The van der Waals surface area contributed by atoms with Gasteiger partial charge in [0.15, 0.2) is 0 Å². The molecular formula is C16H24F3NO. The smallest absolute Gasteiger partial charge is 0.379 e. The van der Waals surface area contributed by atoms with Gasteiger partial charge in [-0.15, -0.1) is 0 Å². The molecule has 1 atom stereocenters. The van der Waals surface area contributed by atoms with Crippen LogP contribution in [0.4, 0.5) is 13.2 Å². The number of aryl methyl sites for hydroxylation is 3. The van der Waals surface area contributed by atoms with E-state index in [4.69, 9.17) is 4.74 Å². The van der Waals surface area contributed by atoms with Crippen molar-refractivity contribution < 1.29 is 17.9 Å². The standard InChI is InChI=1S/C16H24F3NO/c1-5-20-14(10-21-7-6-16(17,18)19)15-12(3)8-11(2)9-13(15)4/h8-9,14,20H,5-7,10H2,1-4H3. The zero-order chi connectivity index (χ0) is 16.0. The first kappa shape index (κ1) is 18.0. The summed E-state index contributed by atoms with van der Waals surface area (Å²) in [5.74, 6) is 0. The first-order chi connectivity index (χ1) is 9.74. The normalized spacial score (nSPS) is 13.5. The van der Waals surface area contributed by atoms with E-state index >= 15 is 0 Å². The van der Waals surface area contributed by atoms with E-state index in [2.05, 4.69) is 17.4 Å². The van der Waals surface area contributed by atoms with Crippen LogP contribution in [0.1, 0.15) is 41.6 Å². The zero-order valence-corrected chi connectivity index (χ0v) is 13.1. The molecule has 1 N–H and O–H groups in total. The summed E-state index contributed by atoms with van der Waals surface area (Å²) in [5, 5.41) is 3.29.